The molecule has 3 nitrogen and oxygen atoms in total. The molecule has 1 aromatic carbocycles. The summed E-state index contributed by atoms with van der Waals surface area (Å²) in [6.45, 7) is 6.62. The average Bonchev–Trinajstić information content (AvgIpc) is 2.94. The first-order valence-corrected chi connectivity index (χ1v) is 7.40. The third kappa shape index (κ3) is 2.52. The Morgan fingerprint density at radius 3 is 2.74 bits per heavy atom. The van der Waals surface area contributed by atoms with Crippen molar-refractivity contribution < 1.29 is 4.79 Å². The van der Waals surface area contributed by atoms with E-state index in [-0.39, 0.29) is 5.78 Å². The third-order valence-electron chi connectivity index (χ3n) is 4.46. The predicted octanol–water partition coefficient (Wildman–Crippen LogP) is 2.56. The van der Waals surface area contributed by atoms with Crippen LogP contribution in [0.4, 0.5) is 5.69 Å². The summed E-state index contributed by atoms with van der Waals surface area (Å²) in [7, 11) is 0. The second-order valence-corrected chi connectivity index (χ2v) is 5.60. The fourth-order valence-corrected chi connectivity index (χ4v) is 3.29. The number of rotatable bonds is 3. The van der Waals surface area contributed by atoms with Gasteiger partial charge in [-0.2, -0.15) is 0 Å². The van der Waals surface area contributed by atoms with E-state index in [2.05, 4.69) is 21.9 Å². The Kier molecular flexibility index (Phi) is 3.56. The van der Waals surface area contributed by atoms with Crippen LogP contribution in [0.3, 0.4) is 0 Å². The zero-order valence-corrected chi connectivity index (χ0v) is 11.6. The van der Waals surface area contributed by atoms with Crippen LogP contribution in [0.5, 0.6) is 0 Å². The number of benzene rings is 1. The fourth-order valence-electron chi connectivity index (χ4n) is 3.29. The van der Waals surface area contributed by atoms with E-state index in [1.54, 1.807) is 0 Å². The van der Waals surface area contributed by atoms with E-state index in [1.165, 1.54) is 31.6 Å². The van der Waals surface area contributed by atoms with Gasteiger partial charge in [-0.05, 0) is 43.7 Å². The highest BCUT2D eigenvalue weighted by molar-refractivity contribution is 5.96. The number of Topliss-reactive ketones (excluding diaryl/α,β-unsaturated/α-hetero) is 1. The van der Waals surface area contributed by atoms with E-state index in [4.69, 9.17) is 0 Å². The van der Waals surface area contributed by atoms with Crippen molar-refractivity contribution in [2.75, 3.05) is 31.1 Å². The normalized spacial score (nSPS) is 23.4. The number of piperazine rings is 1. The Labute approximate surface area is 115 Å². The molecule has 2 heterocycles. The molecule has 19 heavy (non-hydrogen) atoms. The summed E-state index contributed by atoms with van der Waals surface area (Å²) in [5, 5.41) is 0. The molecule has 102 valence electrons. The molecule has 0 spiro atoms. The van der Waals surface area contributed by atoms with E-state index in [0.717, 1.165) is 24.7 Å². The van der Waals surface area contributed by atoms with E-state index in [0.29, 0.717) is 6.42 Å². The smallest absolute Gasteiger partial charge is 0.162 e. The zero-order chi connectivity index (χ0) is 13.2. The fraction of sp³-hybridized carbons (Fsp3) is 0.562. The van der Waals surface area contributed by atoms with Gasteiger partial charge in [-0.25, -0.2) is 0 Å². The van der Waals surface area contributed by atoms with Gasteiger partial charge in [0.05, 0.1) is 0 Å². The van der Waals surface area contributed by atoms with Gasteiger partial charge in [0.2, 0.25) is 0 Å². The quantitative estimate of drug-likeness (QED) is 0.779. The molecule has 0 saturated carbocycles. The standard InChI is InChI=1S/C16H22N2O/c1-2-16(19)13-5-7-14(8-6-13)18-11-10-17-9-3-4-15(17)12-18/h5-8,15H,2-4,9-12H2,1H3. The van der Waals surface area contributed by atoms with Crippen molar-refractivity contribution in [2.45, 2.75) is 32.2 Å². The lowest BCUT2D eigenvalue weighted by atomic mass is 10.1. The third-order valence-corrected chi connectivity index (χ3v) is 4.46. The lowest BCUT2D eigenvalue weighted by molar-refractivity contribution is 0.0988. The van der Waals surface area contributed by atoms with Gasteiger partial charge >= 0.3 is 0 Å². The highest BCUT2D eigenvalue weighted by Crippen LogP contribution is 2.25. The summed E-state index contributed by atoms with van der Waals surface area (Å²) in [5.41, 5.74) is 2.10. The minimum atomic E-state index is 0.229. The van der Waals surface area contributed by atoms with Crippen LogP contribution in [0.1, 0.15) is 36.5 Å². The lowest BCUT2D eigenvalue weighted by Gasteiger charge is -2.38. The van der Waals surface area contributed by atoms with Gasteiger partial charge in [0.1, 0.15) is 0 Å². The van der Waals surface area contributed by atoms with E-state index in [9.17, 15) is 4.79 Å². The van der Waals surface area contributed by atoms with E-state index >= 15 is 0 Å². The molecule has 0 amide bonds. The first-order chi connectivity index (χ1) is 9.28. The van der Waals surface area contributed by atoms with Crippen molar-refractivity contribution >= 4 is 11.5 Å². The summed E-state index contributed by atoms with van der Waals surface area (Å²) in [4.78, 5) is 16.7. The molecule has 1 unspecified atom stereocenters. The van der Waals surface area contributed by atoms with Gasteiger partial charge in [-0.15, -0.1) is 0 Å². The summed E-state index contributed by atoms with van der Waals surface area (Å²) < 4.78 is 0. The highest BCUT2D eigenvalue weighted by Gasteiger charge is 2.30. The van der Waals surface area contributed by atoms with Gasteiger partial charge in [0.15, 0.2) is 5.78 Å². The van der Waals surface area contributed by atoms with Crippen molar-refractivity contribution in [3.8, 4) is 0 Å². The summed E-state index contributed by atoms with van der Waals surface area (Å²) >= 11 is 0. The highest BCUT2D eigenvalue weighted by atomic mass is 16.1. The molecular weight excluding hydrogens is 236 g/mol. The van der Waals surface area contributed by atoms with Crippen LogP contribution in [0.25, 0.3) is 0 Å². The molecule has 2 saturated heterocycles. The van der Waals surface area contributed by atoms with Crippen molar-refractivity contribution in [3.05, 3.63) is 29.8 Å². The van der Waals surface area contributed by atoms with Gasteiger partial charge in [0.25, 0.3) is 0 Å². The first kappa shape index (κ1) is 12.7. The van der Waals surface area contributed by atoms with Gasteiger partial charge in [0, 0.05) is 43.3 Å². The molecule has 3 heteroatoms. The number of carbonyl (C=O) groups is 1. The summed E-state index contributed by atoms with van der Waals surface area (Å²) in [6, 6.07) is 8.90. The number of carbonyl (C=O) groups excluding carboxylic acids is 1. The summed E-state index contributed by atoms with van der Waals surface area (Å²) in [6.07, 6.45) is 3.27. The molecule has 1 aromatic rings. The predicted molar refractivity (Wildman–Crippen MR) is 77.9 cm³/mol. The van der Waals surface area contributed by atoms with Crippen LogP contribution in [0.15, 0.2) is 24.3 Å². The number of hydrogen-bond acceptors (Lipinski definition) is 3. The van der Waals surface area contributed by atoms with Crippen LogP contribution in [0.2, 0.25) is 0 Å². The number of ketones is 1. The molecular formula is C16H22N2O. The second-order valence-electron chi connectivity index (χ2n) is 5.60. The van der Waals surface area contributed by atoms with E-state index in [1.807, 2.05) is 19.1 Å². The van der Waals surface area contributed by atoms with Crippen molar-refractivity contribution in [2.24, 2.45) is 0 Å². The van der Waals surface area contributed by atoms with Gasteiger partial charge in [-0.1, -0.05) is 6.92 Å². The van der Waals surface area contributed by atoms with Crippen molar-refractivity contribution in [1.82, 2.24) is 4.90 Å². The molecule has 0 bridgehead atoms. The Morgan fingerprint density at radius 2 is 2.00 bits per heavy atom. The minimum Gasteiger partial charge on any atom is -0.369 e. The van der Waals surface area contributed by atoms with Gasteiger partial charge < -0.3 is 4.90 Å². The largest absolute Gasteiger partial charge is 0.369 e. The molecule has 2 aliphatic heterocycles. The zero-order valence-electron chi connectivity index (χ0n) is 11.6. The molecule has 1 atom stereocenters. The van der Waals surface area contributed by atoms with Crippen LogP contribution in [0, 0.1) is 0 Å². The molecule has 2 fully saturated rings. The number of anilines is 1. The molecule has 3 rings (SSSR count). The van der Waals surface area contributed by atoms with Crippen molar-refractivity contribution in [1.29, 1.82) is 0 Å². The van der Waals surface area contributed by atoms with Crippen LogP contribution >= 0.6 is 0 Å². The first-order valence-electron chi connectivity index (χ1n) is 7.40. The Bertz CT molecular complexity index is 454. The van der Waals surface area contributed by atoms with Crippen molar-refractivity contribution in [3.63, 3.8) is 0 Å². The Hall–Kier alpha value is -1.35. The van der Waals surface area contributed by atoms with E-state index < -0.39 is 0 Å². The maximum absolute atomic E-state index is 11.6. The molecule has 0 radical (unpaired) electrons. The van der Waals surface area contributed by atoms with Crippen LogP contribution in [-0.4, -0.2) is 42.9 Å². The lowest BCUT2D eigenvalue weighted by Crippen LogP contribution is -2.50. The maximum atomic E-state index is 11.6. The SMILES string of the molecule is CCC(=O)c1ccc(N2CCN3CCCC3C2)cc1. The van der Waals surface area contributed by atoms with Crippen LogP contribution < -0.4 is 4.90 Å². The molecule has 0 aliphatic carbocycles. The minimum absolute atomic E-state index is 0.229. The number of nitrogens with zero attached hydrogens (tertiary/aromatic N) is 2. The van der Waals surface area contributed by atoms with Gasteiger partial charge in [-0.3, -0.25) is 9.69 Å². The molecule has 0 aromatic heterocycles. The number of hydrogen-bond donors (Lipinski definition) is 0. The Morgan fingerprint density at radius 1 is 1.21 bits per heavy atom. The maximum Gasteiger partial charge on any atom is 0.162 e. The monoisotopic (exact) mass is 258 g/mol. The molecule has 2 aliphatic rings. The topological polar surface area (TPSA) is 23.6 Å². The molecule has 0 N–H and O–H groups in total. The van der Waals surface area contributed by atoms with Crippen LogP contribution in [-0.2, 0) is 0 Å². The summed E-state index contributed by atoms with van der Waals surface area (Å²) in [5.74, 6) is 0.229. The Balaban J connectivity index is 1.70. The second kappa shape index (κ2) is 5.33. The number of fused-ring (bicyclic) bond motifs is 1. The average molecular weight is 258 g/mol.